The molecule has 2 atom stereocenters. The fourth-order valence-electron chi connectivity index (χ4n) is 3.30. The zero-order valence-corrected chi connectivity index (χ0v) is 11.7. The third kappa shape index (κ3) is 1.87. The number of carbonyl (C=O) groups excluding carboxylic acids is 1. The van der Waals surface area contributed by atoms with Gasteiger partial charge in [-0.2, -0.15) is 0 Å². The van der Waals surface area contributed by atoms with Crippen LogP contribution in [0.15, 0.2) is 6.07 Å². The molecule has 2 unspecified atom stereocenters. The summed E-state index contributed by atoms with van der Waals surface area (Å²) in [5.41, 5.74) is 1.41. The van der Waals surface area contributed by atoms with E-state index in [1.807, 2.05) is 0 Å². The van der Waals surface area contributed by atoms with Crippen LogP contribution in [0.25, 0.3) is 0 Å². The second kappa shape index (κ2) is 4.51. The maximum atomic E-state index is 12.1. The van der Waals surface area contributed by atoms with Crippen LogP contribution < -0.4 is 10.6 Å². The summed E-state index contributed by atoms with van der Waals surface area (Å²) in [6.45, 7) is 2.16. The number of hydrogen-bond donors (Lipinski definition) is 2. The lowest BCUT2D eigenvalue weighted by Gasteiger charge is -2.06. The van der Waals surface area contributed by atoms with Gasteiger partial charge in [-0.05, 0) is 42.7 Å². The van der Waals surface area contributed by atoms with Crippen LogP contribution in [-0.2, 0) is 12.8 Å². The lowest BCUT2D eigenvalue weighted by Crippen LogP contribution is -2.32. The van der Waals surface area contributed by atoms with E-state index in [1.165, 1.54) is 23.3 Å². The molecule has 0 aromatic carbocycles. The fourth-order valence-corrected chi connectivity index (χ4v) is 4.45. The van der Waals surface area contributed by atoms with Gasteiger partial charge in [0.1, 0.15) is 0 Å². The van der Waals surface area contributed by atoms with Gasteiger partial charge in [-0.15, -0.1) is 23.7 Å². The molecule has 5 heteroatoms. The number of carbonyl (C=O) groups is 1. The van der Waals surface area contributed by atoms with Crippen molar-refractivity contribution < 1.29 is 4.79 Å². The van der Waals surface area contributed by atoms with Gasteiger partial charge in [0.2, 0.25) is 0 Å². The third-order valence-corrected chi connectivity index (χ3v) is 5.60. The van der Waals surface area contributed by atoms with Crippen molar-refractivity contribution in [1.82, 2.24) is 10.6 Å². The van der Waals surface area contributed by atoms with E-state index in [-0.39, 0.29) is 18.3 Å². The summed E-state index contributed by atoms with van der Waals surface area (Å²) in [4.78, 5) is 14.5. The van der Waals surface area contributed by atoms with Crippen molar-refractivity contribution in [3.05, 3.63) is 21.4 Å². The first-order chi connectivity index (χ1) is 8.33. The number of hydrogen-bond acceptors (Lipinski definition) is 3. The first-order valence-electron chi connectivity index (χ1n) is 6.46. The van der Waals surface area contributed by atoms with Gasteiger partial charge in [0.25, 0.3) is 5.91 Å². The summed E-state index contributed by atoms with van der Waals surface area (Å²) in [5, 5.41) is 6.54. The van der Waals surface area contributed by atoms with Crippen LogP contribution in [0.1, 0.15) is 26.5 Å². The van der Waals surface area contributed by atoms with Gasteiger partial charge < -0.3 is 10.6 Å². The number of rotatable bonds is 2. The Bertz CT molecular complexity index is 456. The average Bonchev–Trinajstić information content (AvgIpc) is 2.81. The molecule has 0 bridgehead atoms. The van der Waals surface area contributed by atoms with Gasteiger partial charge >= 0.3 is 0 Å². The molecule has 1 saturated heterocycles. The van der Waals surface area contributed by atoms with E-state index in [2.05, 4.69) is 16.7 Å². The first-order valence-corrected chi connectivity index (χ1v) is 7.28. The molecule has 0 spiro atoms. The number of piperidine rings is 1. The zero-order chi connectivity index (χ0) is 11.4. The molecular formula is C13H17ClN2OS. The van der Waals surface area contributed by atoms with E-state index in [0.717, 1.165) is 24.4 Å². The van der Waals surface area contributed by atoms with Gasteiger partial charge in [-0.1, -0.05) is 0 Å². The Balaban J connectivity index is 0.000001000. The molecule has 2 N–H and O–H groups in total. The maximum absolute atomic E-state index is 12.1. The number of fused-ring (bicyclic) bond motifs is 2. The Morgan fingerprint density at radius 1 is 1.33 bits per heavy atom. The van der Waals surface area contributed by atoms with Crippen molar-refractivity contribution in [3.63, 3.8) is 0 Å². The largest absolute Gasteiger partial charge is 0.348 e. The number of halogens is 1. The van der Waals surface area contributed by atoms with E-state index in [1.54, 1.807) is 11.3 Å². The maximum Gasteiger partial charge on any atom is 0.261 e. The van der Waals surface area contributed by atoms with Crippen LogP contribution in [0.5, 0.6) is 0 Å². The molecule has 3 nitrogen and oxygen atoms in total. The number of aryl methyl sites for hydroxylation is 2. The lowest BCUT2D eigenvalue weighted by molar-refractivity contribution is 0.0950. The number of thiophene rings is 1. The van der Waals surface area contributed by atoms with Crippen LogP contribution in [-0.4, -0.2) is 25.0 Å². The Labute approximate surface area is 117 Å². The standard InChI is InChI=1S/C13H16N2OS.ClH/c16-13(15-12-8-5-14-6-9(8)12)11-4-7-2-1-3-10(7)17-11;/h4,8-9,12,14H,1-3,5-6H2,(H,15,16);1H. The summed E-state index contributed by atoms with van der Waals surface area (Å²) in [6.07, 6.45) is 3.60. The van der Waals surface area contributed by atoms with E-state index >= 15 is 0 Å². The van der Waals surface area contributed by atoms with E-state index in [4.69, 9.17) is 0 Å². The second-order valence-corrected chi connectivity index (χ2v) is 6.53. The molecule has 1 aromatic heterocycles. The van der Waals surface area contributed by atoms with E-state index in [0.29, 0.717) is 17.9 Å². The normalized spacial score (nSPS) is 31.4. The highest BCUT2D eigenvalue weighted by Gasteiger charge is 2.53. The van der Waals surface area contributed by atoms with Crippen molar-refractivity contribution in [3.8, 4) is 0 Å². The van der Waals surface area contributed by atoms with Crippen molar-refractivity contribution in [2.45, 2.75) is 25.3 Å². The minimum atomic E-state index is 0. The quantitative estimate of drug-likeness (QED) is 0.866. The predicted octanol–water partition coefficient (Wildman–Crippen LogP) is 1.61. The molecule has 1 aromatic rings. The predicted molar refractivity (Wildman–Crippen MR) is 74.7 cm³/mol. The second-order valence-electron chi connectivity index (χ2n) is 5.40. The summed E-state index contributed by atoms with van der Waals surface area (Å²) in [7, 11) is 0. The molecule has 3 aliphatic rings. The summed E-state index contributed by atoms with van der Waals surface area (Å²) in [5.74, 6) is 1.56. The number of amides is 1. The van der Waals surface area contributed by atoms with E-state index in [9.17, 15) is 4.79 Å². The van der Waals surface area contributed by atoms with E-state index < -0.39 is 0 Å². The SMILES string of the molecule is Cl.O=C(NC1C2CNCC21)c1cc2c(s1)CCC2. The molecule has 1 amide bonds. The van der Waals surface area contributed by atoms with Gasteiger partial charge in [-0.3, -0.25) is 4.79 Å². The van der Waals surface area contributed by atoms with Crippen LogP contribution in [0.3, 0.4) is 0 Å². The molecule has 2 fully saturated rings. The Hall–Kier alpha value is -0.580. The molecule has 2 aliphatic carbocycles. The summed E-state index contributed by atoms with van der Waals surface area (Å²) in [6, 6.07) is 2.55. The Kier molecular flexibility index (Phi) is 3.12. The van der Waals surface area contributed by atoms with Gasteiger partial charge in [0.15, 0.2) is 0 Å². The molecule has 18 heavy (non-hydrogen) atoms. The monoisotopic (exact) mass is 284 g/mol. The van der Waals surface area contributed by atoms with Gasteiger partial charge in [-0.25, -0.2) is 0 Å². The minimum absolute atomic E-state index is 0. The van der Waals surface area contributed by atoms with Gasteiger partial charge in [0.05, 0.1) is 4.88 Å². The molecule has 98 valence electrons. The Morgan fingerprint density at radius 3 is 2.83 bits per heavy atom. The van der Waals surface area contributed by atoms with Crippen LogP contribution >= 0.6 is 23.7 Å². The Morgan fingerprint density at radius 2 is 2.11 bits per heavy atom. The number of nitrogens with one attached hydrogen (secondary N) is 2. The highest BCUT2D eigenvalue weighted by atomic mass is 35.5. The van der Waals surface area contributed by atoms with Crippen molar-refractivity contribution in [1.29, 1.82) is 0 Å². The molecule has 2 heterocycles. The van der Waals surface area contributed by atoms with Crippen molar-refractivity contribution in [2.75, 3.05) is 13.1 Å². The highest BCUT2D eigenvalue weighted by Crippen LogP contribution is 2.42. The molecule has 4 rings (SSSR count). The summed E-state index contributed by atoms with van der Waals surface area (Å²) < 4.78 is 0. The minimum Gasteiger partial charge on any atom is -0.348 e. The molecule has 0 radical (unpaired) electrons. The van der Waals surface area contributed by atoms with Crippen LogP contribution in [0.2, 0.25) is 0 Å². The molecular weight excluding hydrogens is 268 g/mol. The average molecular weight is 285 g/mol. The smallest absolute Gasteiger partial charge is 0.261 e. The fraction of sp³-hybridized carbons (Fsp3) is 0.615. The lowest BCUT2D eigenvalue weighted by atomic mass is 10.2. The molecule has 1 aliphatic heterocycles. The third-order valence-electron chi connectivity index (χ3n) is 4.36. The highest BCUT2D eigenvalue weighted by molar-refractivity contribution is 7.14. The van der Waals surface area contributed by atoms with Crippen LogP contribution in [0.4, 0.5) is 0 Å². The van der Waals surface area contributed by atoms with Crippen molar-refractivity contribution in [2.24, 2.45) is 11.8 Å². The first kappa shape index (κ1) is 12.5. The van der Waals surface area contributed by atoms with Crippen LogP contribution in [0, 0.1) is 11.8 Å². The zero-order valence-electron chi connectivity index (χ0n) is 10.1. The summed E-state index contributed by atoms with van der Waals surface area (Å²) >= 11 is 1.70. The topological polar surface area (TPSA) is 41.1 Å². The van der Waals surface area contributed by atoms with Gasteiger partial charge in [0, 0.05) is 24.0 Å². The van der Waals surface area contributed by atoms with Crippen molar-refractivity contribution >= 4 is 29.7 Å². The molecule has 1 saturated carbocycles.